The van der Waals surface area contributed by atoms with E-state index in [9.17, 15) is 19.2 Å². The van der Waals surface area contributed by atoms with Crippen molar-refractivity contribution in [3.8, 4) is 6.01 Å². The molecular weight excluding hydrogens is 386 g/mol. The molecule has 160 valence electrons. The van der Waals surface area contributed by atoms with Gasteiger partial charge in [0.25, 0.3) is 0 Å². The number of methoxy groups -OCH3 is 1. The fourth-order valence-corrected chi connectivity index (χ4v) is 2.20. The van der Waals surface area contributed by atoms with Gasteiger partial charge in [-0.2, -0.15) is 0 Å². The largest absolute Gasteiger partial charge is 0.462 e. The average molecular weight is 411 g/mol. The number of rotatable bonds is 12. The van der Waals surface area contributed by atoms with Crippen molar-refractivity contribution in [1.29, 1.82) is 0 Å². The van der Waals surface area contributed by atoms with Crippen molar-refractivity contribution in [1.82, 2.24) is 15.0 Å². The lowest BCUT2D eigenvalue weighted by Gasteiger charge is -2.32. The zero-order valence-electron chi connectivity index (χ0n) is 16.7. The summed E-state index contributed by atoms with van der Waals surface area (Å²) in [6, 6.07) is -0.353. The van der Waals surface area contributed by atoms with E-state index in [1.165, 1.54) is 21.0 Å². The highest BCUT2D eigenvalue weighted by Crippen LogP contribution is 2.23. The Kier molecular flexibility index (Phi) is 9.00. The molecule has 0 amide bonds. The molecule has 0 bridgehead atoms. The van der Waals surface area contributed by atoms with Crippen LogP contribution in [0.4, 0.5) is 0 Å². The molecule has 1 aromatic rings. The fraction of sp³-hybridized carbons (Fsp3) is 0.500. The lowest BCUT2D eigenvalue weighted by molar-refractivity contribution is -0.142. The fourth-order valence-electron chi connectivity index (χ4n) is 2.20. The molecular formula is C18H25N3O8. The van der Waals surface area contributed by atoms with Crippen molar-refractivity contribution in [2.24, 2.45) is 0 Å². The van der Waals surface area contributed by atoms with E-state index >= 15 is 0 Å². The van der Waals surface area contributed by atoms with E-state index in [1.807, 2.05) is 4.98 Å². The van der Waals surface area contributed by atoms with Crippen LogP contribution in [0.3, 0.4) is 0 Å². The summed E-state index contributed by atoms with van der Waals surface area (Å²) in [5.41, 5.74) is -2.51. The van der Waals surface area contributed by atoms with Crippen LogP contribution in [0.25, 0.3) is 0 Å². The van der Waals surface area contributed by atoms with Crippen molar-refractivity contribution >= 4 is 11.9 Å². The molecule has 1 heterocycles. The molecule has 1 rings (SSSR count). The summed E-state index contributed by atoms with van der Waals surface area (Å²) in [5.74, 6) is -1.18. The summed E-state index contributed by atoms with van der Waals surface area (Å²) >= 11 is 0. The standard InChI is InChI=1S/C18H25N3O8/c1-11(2)13(22)27-8-6-18(10-26-5,7-9-28-14(23)12(3)4)29-17-20-15(24)19-16(25)21-17/h1,3,6-10H2,2,4-5H3,(H2,19,20,21,24,25). The first kappa shape index (κ1) is 23.8. The maximum atomic E-state index is 11.6. The Morgan fingerprint density at radius 2 is 1.52 bits per heavy atom. The number of H-pyrrole nitrogens is 2. The summed E-state index contributed by atoms with van der Waals surface area (Å²) in [5, 5.41) is 0. The van der Waals surface area contributed by atoms with Crippen molar-refractivity contribution in [3.63, 3.8) is 0 Å². The molecule has 11 heteroatoms. The van der Waals surface area contributed by atoms with E-state index in [1.54, 1.807) is 0 Å². The minimum Gasteiger partial charge on any atom is -0.462 e. The Balaban J connectivity index is 3.04. The van der Waals surface area contributed by atoms with Gasteiger partial charge in [0.2, 0.25) is 0 Å². The van der Waals surface area contributed by atoms with Crippen LogP contribution >= 0.6 is 0 Å². The van der Waals surface area contributed by atoms with Gasteiger partial charge in [0.1, 0.15) is 5.60 Å². The third-order valence-electron chi connectivity index (χ3n) is 3.64. The molecule has 11 nitrogen and oxygen atoms in total. The molecule has 0 aliphatic heterocycles. The molecule has 0 aliphatic carbocycles. The van der Waals surface area contributed by atoms with Crippen molar-refractivity contribution in [3.05, 3.63) is 45.3 Å². The predicted molar refractivity (Wildman–Crippen MR) is 101 cm³/mol. The Morgan fingerprint density at radius 3 is 1.93 bits per heavy atom. The number of carbonyl (C=O) groups excluding carboxylic acids is 2. The summed E-state index contributed by atoms with van der Waals surface area (Å²) in [7, 11) is 1.41. The van der Waals surface area contributed by atoms with E-state index in [0.717, 1.165) is 0 Å². The second-order valence-electron chi connectivity index (χ2n) is 6.35. The van der Waals surface area contributed by atoms with Gasteiger partial charge in [-0.1, -0.05) is 13.2 Å². The molecule has 0 radical (unpaired) electrons. The third kappa shape index (κ3) is 8.13. The molecule has 0 saturated heterocycles. The number of aromatic amines is 2. The van der Waals surface area contributed by atoms with Gasteiger partial charge in [-0.05, 0) is 13.8 Å². The van der Waals surface area contributed by atoms with Crippen LogP contribution in [0.2, 0.25) is 0 Å². The van der Waals surface area contributed by atoms with Gasteiger partial charge in [-0.3, -0.25) is 9.97 Å². The molecule has 0 spiro atoms. The second-order valence-corrected chi connectivity index (χ2v) is 6.35. The zero-order chi connectivity index (χ0) is 22.0. The van der Waals surface area contributed by atoms with Gasteiger partial charge in [0.05, 0.1) is 19.8 Å². The second kappa shape index (κ2) is 11.0. The van der Waals surface area contributed by atoms with Crippen LogP contribution < -0.4 is 16.1 Å². The first-order valence-corrected chi connectivity index (χ1v) is 8.62. The highest BCUT2D eigenvalue weighted by Gasteiger charge is 2.34. The molecule has 0 aliphatic rings. The van der Waals surface area contributed by atoms with Gasteiger partial charge in [0, 0.05) is 31.1 Å². The number of aromatic nitrogens is 3. The van der Waals surface area contributed by atoms with E-state index in [2.05, 4.69) is 23.1 Å². The van der Waals surface area contributed by atoms with Gasteiger partial charge in [-0.25, -0.2) is 19.2 Å². The molecule has 0 unspecified atom stereocenters. The predicted octanol–water partition coefficient (Wildman–Crippen LogP) is 0.241. The van der Waals surface area contributed by atoms with E-state index in [4.69, 9.17) is 18.9 Å². The topological polar surface area (TPSA) is 150 Å². The van der Waals surface area contributed by atoms with Gasteiger partial charge in [-0.15, -0.1) is 4.98 Å². The monoisotopic (exact) mass is 411 g/mol. The molecule has 29 heavy (non-hydrogen) atoms. The number of ether oxygens (including phenoxy) is 4. The first-order valence-electron chi connectivity index (χ1n) is 8.62. The highest BCUT2D eigenvalue weighted by atomic mass is 16.6. The minimum atomic E-state index is -1.23. The van der Waals surface area contributed by atoms with E-state index in [0.29, 0.717) is 0 Å². The lowest BCUT2D eigenvalue weighted by atomic mass is 9.97. The number of nitrogens with zero attached hydrogens (tertiary/aromatic N) is 1. The molecule has 2 N–H and O–H groups in total. The number of hydrogen-bond donors (Lipinski definition) is 2. The zero-order valence-corrected chi connectivity index (χ0v) is 16.7. The Bertz CT molecular complexity index is 810. The van der Waals surface area contributed by atoms with Crippen LogP contribution in [-0.4, -0.2) is 59.4 Å². The SMILES string of the molecule is C=C(C)C(=O)OCCC(CCOC(=O)C(=C)C)(COC)Oc1nc(=O)[nH]c(=O)[nH]1. The van der Waals surface area contributed by atoms with Crippen molar-refractivity contribution in [2.45, 2.75) is 32.3 Å². The van der Waals surface area contributed by atoms with Gasteiger partial charge < -0.3 is 18.9 Å². The summed E-state index contributed by atoms with van der Waals surface area (Å²) in [6.07, 6.45) is 0.169. The normalized spacial score (nSPS) is 10.9. The van der Waals surface area contributed by atoms with Gasteiger partial charge >= 0.3 is 29.3 Å². The third-order valence-corrected chi connectivity index (χ3v) is 3.64. The molecule has 0 aromatic carbocycles. The molecule has 1 aromatic heterocycles. The number of carbonyl (C=O) groups is 2. The quantitative estimate of drug-likeness (QED) is 0.364. The lowest BCUT2D eigenvalue weighted by Crippen LogP contribution is -2.45. The average Bonchev–Trinajstić information content (AvgIpc) is 2.60. The number of hydrogen-bond acceptors (Lipinski definition) is 9. The van der Waals surface area contributed by atoms with E-state index in [-0.39, 0.29) is 49.8 Å². The smallest absolute Gasteiger partial charge is 0.353 e. The number of nitrogens with one attached hydrogen (secondary N) is 2. The Labute approximate surface area is 166 Å². The first-order chi connectivity index (χ1) is 13.6. The van der Waals surface area contributed by atoms with Crippen LogP contribution in [0, 0.1) is 0 Å². The van der Waals surface area contributed by atoms with Crippen molar-refractivity contribution < 1.29 is 28.5 Å². The van der Waals surface area contributed by atoms with Crippen LogP contribution in [0.15, 0.2) is 33.9 Å². The maximum Gasteiger partial charge on any atom is 0.353 e. The summed E-state index contributed by atoms with van der Waals surface area (Å²) in [4.78, 5) is 53.9. The Morgan fingerprint density at radius 1 is 1.00 bits per heavy atom. The maximum absolute atomic E-state index is 11.6. The minimum absolute atomic E-state index is 0.0429. The Hall–Kier alpha value is -3.21. The van der Waals surface area contributed by atoms with Crippen molar-refractivity contribution in [2.75, 3.05) is 26.9 Å². The molecule has 0 atom stereocenters. The summed E-state index contributed by atoms with van der Waals surface area (Å²) < 4.78 is 21.2. The van der Waals surface area contributed by atoms with Crippen LogP contribution in [-0.2, 0) is 23.8 Å². The molecule has 0 fully saturated rings. The van der Waals surface area contributed by atoms with Crippen LogP contribution in [0.1, 0.15) is 26.7 Å². The van der Waals surface area contributed by atoms with Crippen LogP contribution in [0.5, 0.6) is 6.01 Å². The summed E-state index contributed by atoms with van der Waals surface area (Å²) in [6.45, 7) is 9.78. The van der Waals surface area contributed by atoms with E-state index < -0.39 is 28.9 Å². The highest BCUT2D eigenvalue weighted by molar-refractivity contribution is 5.87. The number of esters is 2. The van der Waals surface area contributed by atoms with Gasteiger partial charge in [0.15, 0.2) is 0 Å². The molecule has 0 saturated carbocycles.